The molecular weight excluding hydrogens is 352 g/mol. The van der Waals surface area contributed by atoms with Crippen LogP contribution in [0, 0.1) is 0 Å². The molecule has 4 nitrogen and oxygen atoms in total. The summed E-state index contributed by atoms with van der Waals surface area (Å²) >= 11 is 3.43. The summed E-state index contributed by atoms with van der Waals surface area (Å²) in [7, 11) is -2.85. The Kier molecular flexibility index (Phi) is 5.81. The molecule has 0 aromatic heterocycles. The number of aryl methyl sites for hydroxylation is 1. The molecule has 6 heteroatoms. The van der Waals surface area contributed by atoms with E-state index in [-0.39, 0.29) is 17.5 Å². The van der Waals surface area contributed by atoms with Crippen LogP contribution in [-0.2, 0) is 16.3 Å². The largest absolute Gasteiger partial charge is 0.306 e. The number of sulfone groups is 1. The number of nitrogens with zero attached hydrogens (tertiary/aromatic N) is 1. The highest BCUT2D eigenvalue weighted by Crippen LogP contribution is 2.13. The molecule has 1 aromatic rings. The topological polar surface area (TPSA) is 58.5 Å². The zero-order valence-electron chi connectivity index (χ0n) is 12.2. The van der Waals surface area contributed by atoms with Crippen molar-refractivity contribution >= 4 is 31.5 Å². The fourth-order valence-electron chi connectivity index (χ4n) is 2.33. The van der Waals surface area contributed by atoms with Crippen molar-refractivity contribution in [1.29, 1.82) is 0 Å². The number of rotatable bonds is 6. The molecule has 0 bridgehead atoms. The van der Waals surface area contributed by atoms with Crippen LogP contribution in [0.1, 0.15) is 31.7 Å². The highest BCUT2D eigenvalue weighted by molar-refractivity contribution is 9.10. The first-order valence-electron chi connectivity index (χ1n) is 7.24. The Bertz CT molecular complexity index is 597. The van der Waals surface area contributed by atoms with E-state index in [0.717, 1.165) is 29.4 Å². The van der Waals surface area contributed by atoms with Crippen LogP contribution in [0.4, 0.5) is 0 Å². The summed E-state index contributed by atoms with van der Waals surface area (Å²) in [6, 6.07) is 8.27. The number of benzene rings is 1. The van der Waals surface area contributed by atoms with Crippen molar-refractivity contribution < 1.29 is 8.42 Å². The Balaban J connectivity index is 1.85. The molecule has 0 saturated carbocycles. The van der Waals surface area contributed by atoms with E-state index in [1.165, 1.54) is 5.56 Å². The maximum Gasteiger partial charge on any atom is 0.152 e. The van der Waals surface area contributed by atoms with E-state index >= 15 is 0 Å². The molecule has 1 aliphatic rings. The lowest BCUT2D eigenvalue weighted by Crippen LogP contribution is -2.26. The normalized spacial score (nSPS) is 21.4. The summed E-state index contributed by atoms with van der Waals surface area (Å²) in [5.74, 6) is 0.487. The minimum absolute atomic E-state index is 0.0239. The number of halogens is 1. The Morgan fingerprint density at radius 2 is 2.10 bits per heavy atom. The number of hydrazone groups is 1. The van der Waals surface area contributed by atoms with Gasteiger partial charge in [0, 0.05) is 10.2 Å². The van der Waals surface area contributed by atoms with Crippen molar-refractivity contribution in [2.24, 2.45) is 5.10 Å². The van der Waals surface area contributed by atoms with E-state index in [2.05, 4.69) is 45.5 Å². The van der Waals surface area contributed by atoms with Crippen molar-refractivity contribution in [3.05, 3.63) is 34.3 Å². The third-order valence-corrected chi connectivity index (χ3v) is 5.96. The van der Waals surface area contributed by atoms with Crippen LogP contribution in [0.5, 0.6) is 0 Å². The van der Waals surface area contributed by atoms with E-state index in [9.17, 15) is 8.42 Å². The van der Waals surface area contributed by atoms with Gasteiger partial charge in [-0.1, -0.05) is 35.0 Å². The lowest BCUT2D eigenvalue weighted by molar-refractivity contribution is 0.574. The van der Waals surface area contributed by atoms with Gasteiger partial charge >= 0.3 is 0 Å². The van der Waals surface area contributed by atoms with Crippen LogP contribution in [0.2, 0.25) is 0 Å². The van der Waals surface area contributed by atoms with Gasteiger partial charge in [-0.2, -0.15) is 5.10 Å². The summed E-state index contributed by atoms with van der Waals surface area (Å²) < 4.78 is 23.9. The second-order valence-electron chi connectivity index (χ2n) is 5.39. The van der Waals surface area contributed by atoms with Gasteiger partial charge in [0.05, 0.1) is 17.5 Å². The van der Waals surface area contributed by atoms with E-state index in [1.807, 2.05) is 12.1 Å². The van der Waals surface area contributed by atoms with Crippen molar-refractivity contribution in [3.8, 4) is 0 Å². The molecule has 1 aromatic carbocycles. The highest BCUT2D eigenvalue weighted by Gasteiger charge is 2.27. The zero-order chi connectivity index (χ0) is 15.3. The van der Waals surface area contributed by atoms with Gasteiger partial charge in [-0.25, -0.2) is 8.42 Å². The number of nitrogens with one attached hydrogen (secondary N) is 1. The average molecular weight is 373 g/mol. The fraction of sp³-hybridized carbons (Fsp3) is 0.533. The quantitative estimate of drug-likeness (QED) is 0.616. The second-order valence-corrected chi connectivity index (χ2v) is 8.53. The first kappa shape index (κ1) is 16.5. The molecular formula is C15H21BrN2O2S. The maximum atomic E-state index is 11.4. The molecule has 1 atom stereocenters. The van der Waals surface area contributed by atoms with Crippen molar-refractivity contribution in [1.82, 2.24) is 5.43 Å². The van der Waals surface area contributed by atoms with Gasteiger partial charge in [-0.05, 0) is 43.4 Å². The molecule has 0 aliphatic carbocycles. The minimum Gasteiger partial charge on any atom is -0.306 e. The van der Waals surface area contributed by atoms with Gasteiger partial charge in [0.15, 0.2) is 9.84 Å². The summed E-state index contributed by atoms with van der Waals surface area (Å²) in [4.78, 5) is 0. The van der Waals surface area contributed by atoms with Crippen LogP contribution in [0.15, 0.2) is 33.8 Å². The Morgan fingerprint density at radius 1 is 1.38 bits per heavy atom. The number of hydrogen-bond acceptors (Lipinski definition) is 4. The summed E-state index contributed by atoms with van der Waals surface area (Å²) in [5, 5.41) is 4.42. The maximum absolute atomic E-state index is 11.4. The molecule has 1 heterocycles. The SMILES string of the molecule is CC/C(CCc1ccc(Br)cc1)=N\NC1CCS(=O)(=O)C1. The van der Waals surface area contributed by atoms with Gasteiger partial charge in [-0.15, -0.1) is 0 Å². The first-order chi connectivity index (χ1) is 9.98. The molecule has 116 valence electrons. The minimum atomic E-state index is -2.85. The van der Waals surface area contributed by atoms with Crippen molar-refractivity contribution in [3.63, 3.8) is 0 Å². The van der Waals surface area contributed by atoms with Gasteiger partial charge in [0.2, 0.25) is 0 Å². The predicted molar refractivity (Wildman–Crippen MR) is 90.4 cm³/mol. The Labute approximate surface area is 135 Å². The molecule has 1 saturated heterocycles. The third kappa shape index (κ3) is 5.43. The van der Waals surface area contributed by atoms with Crippen LogP contribution in [-0.4, -0.2) is 31.7 Å². The van der Waals surface area contributed by atoms with E-state index in [4.69, 9.17) is 0 Å². The first-order valence-corrected chi connectivity index (χ1v) is 9.86. The molecule has 2 rings (SSSR count). The molecule has 0 amide bonds. The molecule has 1 unspecified atom stereocenters. The van der Waals surface area contributed by atoms with E-state index < -0.39 is 9.84 Å². The molecule has 0 radical (unpaired) electrons. The lowest BCUT2D eigenvalue weighted by Gasteiger charge is -2.10. The van der Waals surface area contributed by atoms with E-state index in [1.54, 1.807) is 0 Å². The Hall–Kier alpha value is -0.880. The summed E-state index contributed by atoms with van der Waals surface area (Å²) in [6.07, 6.45) is 3.38. The lowest BCUT2D eigenvalue weighted by atomic mass is 10.1. The number of hydrogen-bond donors (Lipinski definition) is 1. The highest BCUT2D eigenvalue weighted by atomic mass is 79.9. The van der Waals surface area contributed by atoms with E-state index in [0.29, 0.717) is 6.42 Å². The monoisotopic (exact) mass is 372 g/mol. The predicted octanol–water partition coefficient (Wildman–Crippen LogP) is 2.92. The summed E-state index contributed by atoms with van der Waals surface area (Å²) in [6.45, 7) is 2.08. The molecule has 0 spiro atoms. The smallest absolute Gasteiger partial charge is 0.152 e. The summed E-state index contributed by atoms with van der Waals surface area (Å²) in [5.41, 5.74) is 5.40. The standard InChI is InChI=1S/C15H21BrN2O2S/c1-2-14(8-5-12-3-6-13(16)7-4-12)17-18-15-9-10-21(19,20)11-15/h3-4,6-7,15,18H,2,5,8-11H2,1H3/b17-14+. The van der Waals surface area contributed by atoms with Crippen LogP contribution >= 0.6 is 15.9 Å². The fourth-order valence-corrected chi connectivity index (χ4v) is 4.26. The second kappa shape index (κ2) is 7.40. The molecule has 1 N–H and O–H groups in total. The van der Waals surface area contributed by atoms with Gasteiger partial charge in [0.1, 0.15) is 0 Å². The van der Waals surface area contributed by atoms with Gasteiger partial charge in [-0.3, -0.25) is 0 Å². The van der Waals surface area contributed by atoms with Gasteiger partial charge in [0.25, 0.3) is 0 Å². The van der Waals surface area contributed by atoms with Crippen molar-refractivity contribution in [2.45, 2.75) is 38.6 Å². The van der Waals surface area contributed by atoms with Crippen LogP contribution in [0.25, 0.3) is 0 Å². The zero-order valence-corrected chi connectivity index (χ0v) is 14.6. The molecule has 1 aliphatic heterocycles. The van der Waals surface area contributed by atoms with Crippen LogP contribution in [0.3, 0.4) is 0 Å². The molecule has 1 fully saturated rings. The molecule has 21 heavy (non-hydrogen) atoms. The average Bonchev–Trinajstić information content (AvgIpc) is 2.80. The Morgan fingerprint density at radius 3 is 2.67 bits per heavy atom. The third-order valence-electron chi connectivity index (χ3n) is 3.66. The van der Waals surface area contributed by atoms with Crippen LogP contribution < -0.4 is 5.43 Å². The van der Waals surface area contributed by atoms with Crippen molar-refractivity contribution in [2.75, 3.05) is 11.5 Å². The van der Waals surface area contributed by atoms with Gasteiger partial charge < -0.3 is 5.43 Å².